The molecule has 1 aliphatic carbocycles. The first-order chi connectivity index (χ1) is 17.2. The summed E-state index contributed by atoms with van der Waals surface area (Å²) in [5.74, 6) is -0.944. The molecule has 0 saturated carbocycles. The highest BCUT2D eigenvalue weighted by Crippen LogP contribution is 2.36. The van der Waals surface area contributed by atoms with Crippen LogP contribution in [0.2, 0.25) is 0 Å². The fraction of sp³-hybridized carbons (Fsp3) is 0.148. The van der Waals surface area contributed by atoms with Crippen LogP contribution in [0.4, 0.5) is 17.6 Å². The highest BCUT2D eigenvalue weighted by Gasteiger charge is 2.35. The van der Waals surface area contributed by atoms with Crippen molar-refractivity contribution in [2.45, 2.75) is 19.1 Å². The van der Waals surface area contributed by atoms with Gasteiger partial charge in [0.25, 0.3) is 5.56 Å². The summed E-state index contributed by atoms with van der Waals surface area (Å²) < 4.78 is 56.5. The Bertz CT molecular complexity index is 1720. The van der Waals surface area contributed by atoms with Crippen molar-refractivity contribution in [1.29, 1.82) is 0 Å². The number of hydrogen-bond acceptors (Lipinski definition) is 4. The van der Waals surface area contributed by atoms with Crippen LogP contribution in [0.15, 0.2) is 82.9 Å². The summed E-state index contributed by atoms with van der Waals surface area (Å²) >= 11 is 0. The molecule has 4 aromatic rings. The largest absolute Gasteiger partial charge is 0.418 e. The van der Waals surface area contributed by atoms with Crippen molar-refractivity contribution in [1.82, 2.24) is 15.0 Å². The second kappa shape index (κ2) is 7.87. The normalized spacial score (nSPS) is 19.2. The van der Waals surface area contributed by atoms with Gasteiger partial charge in [0.15, 0.2) is 0 Å². The number of rotatable bonds is 2. The number of hydrazone groups is 1. The Morgan fingerprint density at radius 3 is 2.69 bits per heavy atom. The summed E-state index contributed by atoms with van der Waals surface area (Å²) in [6, 6.07) is 10.6. The molecule has 2 aromatic heterocycles. The lowest BCUT2D eigenvalue weighted by Gasteiger charge is -2.20. The van der Waals surface area contributed by atoms with Gasteiger partial charge in [-0.15, -0.1) is 0 Å². The van der Waals surface area contributed by atoms with Crippen LogP contribution in [-0.2, 0) is 6.18 Å². The van der Waals surface area contributed by atoms with E-state index in [1.54, 1.807) is 6.07 Å². The minimum atomic E-state index is -4.87. The molecule has 0 spiro atoms. The zero-order valence-corrected chi connectivity index (χ0v) is 18.8. The molecule has 6 rings (SSSR count). The van der Waals surface area contributed by atoms with Crippen molar-refractivity contribution in [3.05, 3.63) is 100 Å². The second-order valence-electron chi connectivity index (χ2n) is 8.88. The maximum Gasteiger partial charge on any atom is 0.418 e. The average Bonchev–Trinajstić information content (AvgIpc) is 3.23. The number of aromatic nitrogens is 2. The standard InChI is InChI=1S/C27H18F4N4O/c1-14-19-10-15(3-7-23(19)34-33-14)16-2-6-22-20(11-16)26-17(13-32-22)4-9-25(36)35(26)24-8-5-18(28)12-21(24)27(29,30)31/h2-13,19,23,34H,1H3. The molecule has 2 aliphatic rings. The molecule has 2 atom stereocenters. The number of hydrogen-bond donors (Lipinski definition) is 1. The summed E-state index contributed by atoms with van der Waals surface area (Å²) in [7, 11) is 0. The van der Waals surface area contributed by atoms with Crippen molar-refractivity contribution in [2.75, 3.05) is 0 Å². The number of pyridine rings is 2. The van der Waals surface area contributed by atoms with Crippen LogP contribution in [0.3, 0.4) is 0 Å². The molecule has 3 heterocycles. The van der Waals surface area contributed by atoms with Crippen LogP contribution in [0, 0.1) is 11.7 Å². The molecule has 36 heavy (non-hydrogen) atoms. The molecule has 0 fully saturated rings. The Kier molecular flexibility index (Phi) is 4.86. The van der Waals surface area contributed by atoms with Crippen molar-refractivity contribution >= 4 is 33.1 Å². The van der Waals surface area contributed by atoms with Gasteiger partial charge < -0.3 is 5.43 Å². The van der Waals surface area contributed by atoms with Gasteiger partial charge in [0.05, 0.1) is 28.3 Å². The van der Waals surface area contributed by atoms with Crippen molar-refractivity contribution in [3.63, 3.8) is 0 Å². The third-order valence-electron chi connectivity index (χ3n) is 6.66. The third-order valence-corrected chi connectivity index (χ3v) is 6.66. The van der Waals surface area contributed by atoms with Crippen LogP contribution in [0.5, 0.6) is 0 Å². The SMILES string of the molecule is CC1=NNC2C=CC(c3ccc4ncc5ccc(=O)n(-c6ccc(F)cc6C(F)(F)F)c5c4c3)=CC12. The summed E-state index contributed by atoms with van der Waals surface area (Å²) in [5, 5.41) is 5.28. The van der Waals surface area contributed by atoms with Gasteiger partial charge in [-0.1, -0.05) is 24.3 Å². The molecule has 1 aliphatic heterocycles. The summed E-state index contributed by atoms with van der Waals surface area (Å²) in [5.41, 5.74) is 4.23. The van der Waals surface area contributed by atoms with Crippen molar-refractivity contribution in [3.8, 4) is 5.69 Å². The van der Waals surface area contributed by atoms with Gasteiger partial charge in [-0.05, 0) is 54.5 Å². The lowest BCUT2D eigenvalue weighted by Crippen LogP contribution is -2.27. The molecular weight excluding hydrogens is 472 g/mol. The lowest BCUT2D eigenvalue weighted by atomic mass is 9.87. The molecule has 2 aromatic carbocycles. The van der Waals surface area contributed by atoms with E-state index in [0.29, 0.717) is 22.4 Å². The van der Waals surface area contributed by atoms with E-state index in [4.69, 9.17) is 0 Å². The second-order valence-corrected chi connectivity index (χ2v) is 8.88. The fourth-order valence-corrected chi connectivity index (χ4v) is 4.89. The molecule has 0 radical (unpaired) electrons. The number of benzene rings is 2. The number of halogens is 4. The first-order valence-electron chi connectivity index (χ1n) is 11.2. The van der Waals surface area contributed by atoms with Crippen LogP contribution in [-0.4, -0.2) is 21.3 Å². The third kappa shape index (κ3) is 3.50. The topological polar surface area (TPSA) is 59.3 Å². The molecule has 9 heteroatoms. The van der Waals surface area contributed by atoms with Gasteiger partial charge in [0, 0.05) is 34.7 Å². The monoisotopic (exact) mass is 490 g/mol. The predicted octanol–water partition coefficient (Wildman–Crippen LogP) is 5.61. The van der Waals surface area contributed by atoms with Crippen molar-refractivity contribution in [2.24, 2.45) is 11.0 Å². The Hall–Kier alpha value is -4.27. The zero-order valence-electron chi connectivity index (χ0n) is 18.8. The number of fused-ring (bicyclic) bond motifs is 4. The molecule has 180 valence electrons. The Morgan fingerprint density at radius 1 is 1.06 bits per heavy atom. The van der Waals surface area contributed by atoms with Crippen LogP contribution in [0.1, 0.15) is 18.1 Å². The van der Waals surface area contributed by atoms with Gasteiger partial charge in [0.2, 0.25) is 0 Å². The smallest absolute Gasteiger partial charge is 0.302 e. The van der Waals surface area contributed by atoms with E-state index in [1.165, 1.54) is 18.3 Å². The molecule has 0 amide bonds. The first-order valence-corrected chi connectivity index (χ1v) is 11.2. The highest BCUT2D eigenvalue weighted by molar-refractivity contribution is 6.05. The van der Waals surface area contributed by atoms with Gasteiger partial charge in [-0.2, -0.15) is 18.3 Å². The highest BCUT2D eigenvalue weighted by atomic mass is 19.4. The van der Waals surface area contributed by atoms with E-state index >= 15 is 0 Å². The van der Waals surface area contributed by atoms with Gasteiger partial charge >= 0.3 is 6.18 Å². The molecule has 1 N–H and O–H groups in total. The van der Waals surface area contributed by atoms with E-state index in [9.17, 15) is 22.4 Å². The van der Waals surface area contributed by atoms with E-state index in [2.05, 4.69) is 21.6 Å². The Balaban J connectivity index is 1.64. The minimum absolute atomic E-state index is 0.0844. The summed E-state index contributed by atoms with van der Waals surface area (Å²) in [6.45, 7) is 1.95. The van der Waals surface area contributed by atoms with E-state index < -0.39 is 28.8 Å². The fourth-order valence-electron chi connectivity index (χ4n) is 4.89. The number of nitrogens with one attached hydrogen (secondary N) is 1. The maximum absolute atomic E-state index is 13.9. The molecule has 5 nitrogen and oxygen atoms in total. The Labute approximate surface area is 202 Å². The number of nitrogens with zero attached hydrogens (tertiary/aromatic N) is 3. The van der Waals surface area contributed by atoms with Gasteiger partial charge in [-0.25, -0.2) is 4.39 Å². The maximum atomic E-state index is 13.9. The molecule has 2 unspecified atom stereocenters. The van der Waals surface area contributed by atoms with Crippen LogP contribution < -0.4 is 11.0 Å². The predicted molar refractivity (Wildman–Crippen MR) is 130 cm³/mol. The quantitative estimate of drug-likeness (QED) is 0.293. The summed E-state index contributed by atoms with van der Waals surface area (Å²) in [4.78, 5) is 17.5. The van der Waals surface area contributed by atoms with Gasteiger partial charge in [0.1, 0.15) is 5.82 Å². The lowest BCUT2D eigenvalue weighted by molar-refractivity contribution is -0.137. The van der Waals surface area contributed by atoms with Gasteiger partial charge in [-0.3, -0.25) is 14.3 Å². The van der Waals surface area contributed by atoms with E-state index in [-0.39, 0.29) is 17.5 Å². The van der Waals surface area contributed by atoms with Crippen LogP contribution >= 0.6 is 0 Å². The number of alkyl halides is 3. The average molecular weight is 490 g/mol. The number of allylic oxidation sites excluding steroid dienone is 2. The molecule has 0 saturated heterocycles. The van der Waals surface area contributed by atoms with Crippen molar-refractivity contribution < 1.29 is 17.6 Å². The van der Waals surface area contributed by atoms with E-state index in [1.807, 2.05) is 31.2 Å². The summed E-state index contributed by atoms with van der Waals surface area (Å²) in [6.07, 6.45) is 2.74. The van der Waals surface area contributed by atoms with Crippen LogP contribution in [0.25, 0.3) is 33.1 Å². The minimum Gasteiger partial charge on any atom is -0.302 e. The molecule has 0 bridgehead atoms. The Morgan fingerprint density at radius 2 is 1.89 bits per heavy atom. The zero-order chi connectivity index (χ0) is 25.2. The van der Waals surface area contributed by atoms with E-state index in [0.717, 1.165) is 33.5 Å². The molecular formula is C27H18F4N4O. The first kappa shape index (κ1) is 22.2.